The van der Waals surface area contributed by atoms with Gasteiger partial charge in [-0.05, 0) is 58.0 Å². The summed E-state index contributed by atoms with van der Waals surface area (Å²) in [6, 6.07) is 2.99. The molecule has 0 aliphatic carbocycles. The largest absolute Gasteiger partial charge is 0.383 e. The minimum atomic E-state index is -0.358. The third kappa shape index (κ3) is 6.71. The summed E-state index contributed by atoms with van der Waals surface area (Å²) in [5, 5.41) is 3.59. The number of carbonyl (C=O) groups excluding carboxylic acids is 1. The Morgan fingerprint density at radius 3 is 2.72 bits per heavy atom. The van der Waals surface area contributed by atoms with Crippen molar-refractivity contribution in [1.82, 2.24) is 20.2 Å². The fourth-order valence-electron chi connectivity index (χ4n) is 4.77. The third-order valence-corrected chi connectivity index (χ3v) is 7.45. The highest BCUT2D eigenvalue weighted by molar-refractivity contribution is 6.31. The predicted molar refractivity (Wildman–Crippen MR) is 159 cm³/mol. The van der Waals surface area contributed by atoms with Crippen molar-refractivity contribution in [1.29, 1.82) is 0 Å². The lowest BCUT2D eigenvalue weighted by Gasteiger charge is -2.41. The number of aryl methyl sites for hydroxylation is 1. The fraction of sp³-hybridized carbons (Fsp3) is 0.414. The Labute approximate surface area is 236 Å². The molecule has 0 saturated carbocycles. The van der Waals surface area contributed by atoms with Crippen molar-refractivity contribution in [3.8, 4) is 0 Å². The molecule has 1 aromatic carbocycles. The second-order valence-corrected chi connectivity index (χ2v) is 10.3. The van der Waals surface area contributed by atoms with Crippen LogP contribution in [0, 0.1) is 12.7 Å². The van der Waals surface area contributed by atoms with Crippen LogP contribution in [0.3, 0.4) is 0 Å². The number of nitrogens with one attached hydrogen (secondary N) is 1. The summed E-state index contributed by atoms with van der Waals surface area (Å²) in [6.45, 7) is 15.6. The summed E-state index contributed by atoms with van der Waals surface area (Å²) in [6.07, 6.45) is 5.86. The summed E-state index contributed by atoms with van der Waals surface area (Å²) in [4.78, 5) is 27.8. The van der Waals surface area contributed by atoms with Crippen LogP contribution in [-0.2, 0) is 4.79 Å². The molecular weight excluding hydrogens is 517 g/mol. The lowest BCUT2D eigenvalue weighted by atomic mass is 9.96. The van der Waals surface area contributed by atoms with E-state index in [-0.39, 0.29) is 24.3 Å². The second kappa shape index (κ2) is 13.0. The zero-order valence-electron chi connectivity index (χ0n) is 23.7. The maximum atomic E-state index is 14.6. The van der Waals surface area contributed by atoms with Gasteiger partial charge in [0, 0.05) is 49.0 Å². The number of likely N-dealkylation sites (N-methyl/N-ethyl adjacent to an activating group) is 1. The van der Waals surface area contributed by atoms with Gasteiger partial charge in [0.15, 0.2) is 0 Å². The number of nitrogens with zero attached hydrogens (tertiary/aromatic N) is 5. The van der Waals surface area contributed by atoms with Crippen molar-refractivity contribution in [2.45, 2.75) is 47.1 Å². The van der Waals surface area contributed by atoms with E-state index in [1.54, 1.807) is 17.2 Å². The van der Waals surface area contributed by atoms with Crippen LogP contribution in [0.25, 0.3) is 5.57 Å². The summed E-state index contributed by atoms with van der Waals surface area (Å²) in [5.41, 5.74) is 10.9. The highest BCUT2D eigenvalue weighted by atomic mass is 35.5. The predicted octanol–water partition coefficient (Wildman–Crippen LogP) is 5.15. The molecular formula is C29H39ClFN7O. The van der Waals surface area contributed by atoms with Crippen LogP contribution in [0.4, 0.5) is 21.7 Å². The third-order valence-electron chi connectivity index (χ3n) is 7.04. The van der Waals surface area contributed by atoms with Gasteiger partial charge in [-0.2, -0.15) is 0 Å². The van der Waals surface area contributed by atoms with E-state index in [4.69, 9.17) is 17.3 Å². The van der Waals surface area contributed by atoms with E-state index in [0.717, 1.165) is 23.1 Å². The normalized spacial score (nSPS) is 16.4. The Morgan fingerprint density at radius 1 is 1.36 bits per heavy atom. The van der Waals surface area contributed by atoms with Crippen LogP contribution in [-0.4, -0.2) is 60.0 Å². The van der Waals surface area contributed by atoms with Crippen LogP contribution < -0.4 is 20.9 Å². The highest BCUT2D eigenvalue weighted by Crippen LogP contribution is 2.35. The van der Waals surface area contributed by atoms with E-state index in [1.807, 2.05) is 50.6 Å². The Hall–Kier alpha value is -3.59. The molecule has 1 saturated heterocycles. The molecule has 0 radical (unpaired) electrons. The van der Waals surface area contributed by atoms with E-state index in [0.29, 0.717) is 53.2 Å². The van der Waals surface area contributed by atoms with Crippen LogP contribution in [0.2, 0.25) is 5.02 Å². The molecule has 0 spiro atoms. The van der Waals surface area contributed by atoms with Crippen LogP contribution in [0.15, 0.2) is 48.6 Å². The van der Waals surface area contributed by atoms with Gasteiger partial charge in [0.05, 0.1) is 17.8 Å². The van der Waals surface area contributed by atoms with E-state index in [1.165, 1.54) is 12.4 Å². The maximum Gasteiger partial charge on any atom is 0.242 e. The van der Waals surface area contributed by atoms with Gasteiger partial charge in [-0.1, -0.05) is 36.8 Å². The molecule has 210 valence electrons. The molecule has 10 heteroatoms. The molecule has 1 amide bonds. The number of hydrogen-bond acceptors (Lipinski definition) is 7. The Morgan fingerprint density at radius 2 is 2.08 bits per heavy atom. The smallest absolute Gasteiger partial charge is 0.242 e. The van der Waals surface area contributed by atoms with Crippen molar-refractivity contribution in [2.24, 2.45) is 0 Å². The number of carbonyl (C=O) groups is 1. The van der Waals surface area contributed by atoms with Gasteiger partial charge in [0.2, 0.25) is 5.91 Å². The lowest BCUT2D eigenvalue weighted by molar-refractivity contribution is -0.132. The minimum absolute atomic E-state index is 0.0517. The van der Waals surface area contributed by atoms with Crippen LogP contribution >= 0.6 is 11.6 Å². The summed E-state index contributed by atoms with van der Waals surface area (Å²) >= 11 is 6.08. The summed E-state index contributed by atoms with van der Waals surface area (Å²) in [7, 11) is 1.82. The van der Waals surface area contributed by atoms with E-state index in [9.17, 15) is 9.18 Å². The lowest BCUT2D eigenvalue weighted by Crippen LogP contribution is -2.56. The number of anilines is 3. The molecule has 1 aliphatic heterocycles. The van der Waals surface area contributed by atoms with Gasteiger partial charge >= 0.3 is 0 Å². The summed E-state index contributed by atoms with van der Waals surface area (Å²) in [5.74, 6) is 0.451. The van der Waals surface area contributed by atoms with Crippen molar-refractivity contribution in [2.75, 3.05) is 48.8 Å². The average molecular weight is 556 g/mol. The van der Waals surface area contributed by atoms with Gasteiger partial charge in [-0.3, -0.25) is 4.79 Å². The van der Waals surface area contributed by atoms with E-state index < -0.39 is 0 Å². The molecule has 3 rings (SSSR count). The van der Waals surface area contributed by atoms with Crippen LogP contribution in [0.5, 0.6) is 0 Å². The number of benzene rings is 1. The Balaban J connectivity index is 1.82. The van der Waals surface area contributed by atoms with Crippen molar-refractivity contribution >= 4 is 40.4 Å². The molecule has 39 heavy (non-hydrogen) atoms. The zero-order chi connectivity index (χ0) is 28.9. The van der Waals surface area contributed by atoms with Gasteiger partial charge in [-0.15, -0.1) is 0 Å². The van der Waals surface area contributed by atoms with Crippen molar-refractivity contribution in [3.63, 3.8) is 0 Å². The zero-order valence-corrected chi connectivity index (χ0v) is 24.4. The molecule has 8 nitrogen and oxygen atoms in total. The second-order valence-electron chi connectivity index (χ2n) is 9.88. The SMILES string of the molecule is C=C(N/C=C\C)/C(=C(/C)CC)c1c(N)ncnc1N(C)CC(=O)N1CCN(c2cc(C)c(Cl)cc2F)C[C@@H]1C. The topological polar surface area (TPSA) is 90.6 Å². The number of aromatic nitrogens is 2. The van der Waals surface area contributed by atoms with Gasteiger partial charge in [-0.25, -0.2) is 14.4 Å². The quantitative estimate of drug-likeness (QED) is 0.413. The number of piperazine rings is 1. The first-order valence-corrected chi connectivity index (χ1v) is 13.5. The molecule has 2 heterocycles. The average Bonchev–Trinajstić information content (AvgIpc) is 2.90. The van der Waals surface area contributed by atoms with E-state index >= 15 is 0 Å². The molecule has 0 bridgehead atoms. The molecule has 1 aliphatic rings. The molecule has 3 N–H and O–H groups in total. The maximum absolute atomic E-state index is 14.6. The molecule has 1 aromatic heterocycles. The standard InChI is InChI=1S/C29H39ClFN7O/c1-8-10-33-21(6)26(18(3)9-2)27-28(32)34-17-35-29(27)36(7)16-25(39)38-12-11-37(15-20(38)5)24-13-19(4)22(30)14-23(24)31/h8,10,13-14,17,20,33H,6,9,11-12,15-16H2,1-5,7H3,(H2,32,34,35)/b10-8-,26-18+/t20-/m0/s1. The number of nitrogen functional groups attached to an aromatic ring is 1. The molecule has 1 fully saturated rings. The fourth-order valence-corrected chi connectivity index (χ4v) is 4.92. The van der Waals surface area contributed by atoms with E-state index in [2.05, 4.69) is 28.8 Å². The first-order valence-electron chi connectivity index (χ1n) is 13.1. The van der Waals surface area contributed by atoms with Gasteiger partial charge in [0.1, 0.15) is 23.8 Å². The Bertz CT molecular complexity index is 1290. The van der Waals surface area contributed by atoms with Gasteiger partial charge in [0.25, 0.3) is 0 Å². The molecule has 0 unspecified atom stereocenters. The van der Waals surface area contributed by atoms with Crippen LogP contribution in [0.1, 0.15) is 45.2 Å². The minimum Gasteiger partial charge on any atom is -0.383 e. The number of hydrogen-bond donors (Lipinski definition) is 2. The van der Waals surface area contributed by atoms with Crippen molar-refractivity contribution in [3.05, 3.63) is 70.6 Å². The summed E-state index contributed by atoms with van der Waals surface area (Å²) < 4.78 is 14.6. The Kier molecular flexibility index (Phi) is 9.97. The molecule has 1 atom stereocenters. The number of nitrogens with two attached hydrogens (primary N) is 1. The van der Waals surface area contributed by atoms with Crippen molar-refractivity contribution < 1.29 is 9.18 Å². The molecule has 2 aromatic rings. The first kappa shape index (κ1) is 30.0. The monoisotopic (exact) mass is 555 g/mol. The number of amides is 1. The number of rotatable bonds is 9. The highest BCUT2D eigenvalue weighted by Gasteiger charge is 2.30. The number of halogens is 2. The number of allylic oxidation sites excluding steroid dienone is 3. The first-order chi connectivity index (χ1) is 18.5. The van der Waals surface area contributed by atoms with Gasteiger partial charge < -0.3 is 25.8 Å².